The van der Waals surface area contributed by atoms with Gasteiger partial charge in [-0.05, 0) is 30.3 Å². The second kappa shape index (κ2) is 5.18. The van der Waals surface area contributed by atoms with Crippen LogP contribution in [0.3, 0.4) is 0 Å². The molecule has 2 aromatic carbocycles. The quantitative estimate of drug-likeness (QED) is 0.917. The first-order chi connectivity index (χ1) is 8.58. The molecule has 0 spiro atoms. The molecule has 0 bridgehead atoms. The maximum Gasteiger partial charge on any atom is 0.336 e. The molecule has 0 fully saturated rings. The van der Waals surface area contributed by atoms with Gasteiger partial charge in [0.15, 0.2) is 11.6 Å². The normalized spacial score (nSPS) is 10.3. The van der Waals surface area contributed by atoms with Gasteiger partial charge < -0.3 is 5.11 Å². The zero-order chi connectivity index (χ0) is 13.1. The van der Waals surface area contributed by atoms with Crippen molar-refractivity contribution in [2.45, 2.75) is 9.79 Å². The minimum absolute atomic E-state index is 0.132. The van der Waals surface area contributed by atoms with Crippen molar-refractivity contribution in [1.82, 2.24) is 0 Å². The summed E-state index contributed by atoms with van der Waals surface area (Å²) in [5.41, 5.74) is 0.132. The van der Waals surface area contributed by atoms with Gasteiger partial charge in [0, 0.05) is 9.79 Å². The van der Waals surface area contributed by atoms with Crippen molar-refractivity contribution < 1.29 is 18.7 Å². The van der Waals surface area contributed by atoms with Gasteiger partial charge in [0.05, 0.1) is 5.56 Å². The first-order valence-corrected chi connectivity index (χ1v) is 5.85. The fraction of sp³-hybridized carbons (Fsp3) is 0. The van der Waals surface area contributed by atoms with E-state index in [1.54, 1.807) is 18.2 Å². The predicted octanol–water partition coefficient (Wildman–Crippen LogP) is 3.81. The summed E-state index contributed by atoms with van der Waals surface area (Å²) in [5, 5.41) is 8.99. The van der Waals surface area contributed by atoms with Crippen LogP contribution >= 0.6 is 11.8 Å². The smallest absolute Gasteiger partial charge is 0.336 e. The average molecular weight is 266 g/mol. The summed E-state index contributed by atoms with van der Waals surface area (Å²) < 4.78 is 25.8. The second-order valence-electron chi connectivity index (χ2n) is 3.48. The lowest BCUT2D eigenvalue weighted by Gasteiger charge is -2.05. The molecule has 1 N–H and O–H groups in total. The Labute approximate surface area is 106 Å². The van der Waals surface area contributed by atoms with Gasteiger partial charge in [0.25, 0.3) is 0 Å². The van der Waals surface area contributed by atoms with Crippen LogP contribution in [0, 0.1) is 11.6 Å². The van der Waals surface area contributed by atoms with Crippen molar-refractivity contribution in [3.8, 4) is 0 Å². The number of carboxylic acid groups (broad SMARTS) is 1. The van der Waals surface area contributed by atoms with Gasteiger partial charge >= 0.3 is 5.97 Å². The van der Waals surface area contributed by atoms with Gasteiger partial charge in [-0.1, -0.05) is 23.9 Å². The monoisotopic (exact) mass is 266 g/mol. The number of hydrogen-bond donors (Lipinski definition) is 1. The topological polar surface area (TPSA) is 37.3 Å². The third-order valence-electron chi connectivity index (χ3n) is 2.24. The van der Waals surface area contributed by atoms with E-state index in [1.165, 1.54) is 12.1 Å². The summed E-state index contributed by atoms with van der Waals surface area (Å²) >= 11 is 1.08. The fourth-order valence-electron chi connectivity index (χ4n) is 1.40. The summed E-state index contributed by atoms with van der Waals surface area (Å²) in [4.78, 5) is 11.9. The first kappa shape index (κ1) is 12.6. The van der Waals surface area contributed by atoms with Gasteiger partial charge in [-0.25, -0.2) is 13.6 Å². The number of benzene rings is 2. The number of rotatable bonds is 3. The molecule has 0 heterocycles. The van der Waals surface area contributed by atoms with E-state index in [-0.39, 0.29) is 5.56 Å². The Morgan fingerprint density at radius 3 is 2.44 bits per heavy atom. The molecule has 0 aliphatic heterocycles. The third kappa shape index (κ3) is 2.68. The van der Waals surface area contributed by atoms with Gasteiger partial charge in [-0.3, -0.25) is 0 Å². The Balaban J connectivity index is 2.34. The molecule has 2 aromatic rings. The lowest BCUT2D eigenvalue weighted by Crippen LogP contribution is -1.98. The van der Waals surface area contributed by atoms with Crippen LogP contribution < -0.4 is 0 Å². The number of carbonyl (C=O) groups is 1. The second-order valence-corrected chi connectivity index (χ2v) is 4.59. The lowest BCUT2D eigenvalue weighted by atomic mass is 10.2. The molecule has 0 atom stereocenters. The number of hydrogen-bond acceptors (Lipinski definition) is 2. The van der Waals surface area contributed by atoms with Crippen molar-refractivity contribution in [2.75, 3.05) is 0 Å². The highest BCUT2D eigenvalue weighted by Crippen LogP contribution is 2.31. The molecule has 2 nitrogen and oxygen atoms in total. The molecule has 2 rings (SSSR count). The van der Waals surface area contributed by atoms with Crippen LogP contribution in [0.4, 0.5) is 8.78 Å². The van der Waals surface area contributed by atoms with E-state index in [1.807, 2.05) is 0 Å². The highest BCUT2D eigenvalue weighted by atomic mass is 32.2. The standard InChI is InChI=1S/C13H8F2O2S/c14-10-6-5-8(7-11(10)15)18-12-4-2-1-3-9(12)13(16)17/h1-7H,(H,16,17). The molecule has 0 radical (unpaired) electrons. The molecule has 0 unspecified atom stereocenters. The van der Waals surface area contributed by atoms with Gasteiger partial charge in [-0.2, -0.15) is 0 Å². The van der Waals surface area contributed by atoms with Gasteiger partial charge in [0.2, 0.25) is 0 Å². The maximum atomic E-state index is 13.0. The molecule has 0 amide bonds. The van der Waals surface area contributed by atoms with E-state index in [0.717, 1.165) is 23.9 Å². The van der Waals surface area contributed by atoms with Crippen LogP contribution in [0.5, 0.6) is 0 Å². The van der Waals surface area contributed by atoms with E-state index in [9.17, 15) is 13.6 Å². The Morgan fingerprint density at radius 2 is 1.78 bits per heavy atom. The SMILES string of the molecule is O=C(O)c1ccccc1Sc1ccc(F)c(F)c1. The van der Waals surface area contributed by atoms with Crippen molar-refractivity contribution in [1.29, 1.82) is 0 Å². The Morgan fingerprint density at radius 1 is 1.06 bits per heavy atom. The van der Waals surface area contributed by atoms with E-state index in [0.29, 0.717) is 9.79 Å². The van der Waals surface area contributed by atoms with Crippen molar-refractivity contribution >= 4 is 17.7 Å². The number of halogens is 2. The summed E-state index contributed by atoms with van der Waals surface area (Å²) in [6, 6.07) is 9.84. The van der Waals surface area contributed by atoms with E-state index in [4.69, 9.17) is 5.11 Å². The van der Waals surface area contributed by atoms with Gasteiger partial charge in [-0.15, -0.1) is 0 Å². The van der Waals surface area contributed by atoms with Crippen molar-refractivity contribution in [2.24, 2.45) is 0 Å². The molecule has 5 heteroatoms. The number of aromatic carboxylic acids is 1. The van der Waals surface area contributed by atoms with E-state index >= 15 is 0 Å². The van der Waals surface area contributed by atoms with Crippen LogP contribution in [-0.4, -0.2) is 11.1 Å². The largest absolute Gasteiger partial charge is 0.478 e. The van der Waals surface area contributed by atoms with E-state index < -0.39 is 17.6 Å². The molecule has 0 aliphatic carbocycles. The maximum absolute atomic E-state index is 13.0. The molecule has 0 saturated heterocycles. The highest BCUT2D eigenvalue weighted by Gasteiger charge is 2.11. The molecular formula is C13H8F2O2S. The molecule has 18 heavy (non-hydrogen) atoms. The predicted molar refractivity (Wildman–Crippen MR) is 63.9 cm³/mol. The molecule has 0 aliphatic rings. The Kier molecular flexibility index (Phi) is 3.62. The highest BCUT2D eigenvalue weighted by molar-refractivity contribution is 7.99. The van der Waals surface area contributed by atoms with Crippen molar-refractivity contribution in [3.05, 3.63) is 59.7 Å². The molecule has 0 aromatic heterocycles. The summed E-state index contributed by atoms with van der Waals surface area (Å²) in [5.74, 6) is -2.93. The van der Waals surface area contributed by atoms with Crippen LogP contribution in [0.2, 0.25) is 0 Å². The Hall–Kier alpha value is -1.88. The van der Waals surface area contributed by atoms with Crippen LogP contribution in [0.25, 0.3) is 0 Å². The molecule has 0 saturated carbocycles. The van der Waals surface area contributed by atoms with Crippen LogP contribution in [0.15, 0.2) is 52.3 Å². The lowest BCUT2D eigenvalue weighted by molar-refractivity contribution is 0.0693. The number of carboxylic acids is 1. The molecular weight excluding hydrogens is 258 g/mol. The average Bonchev–Trinajstić information content (AvgIpc) is 2.34. The molecule has 92 valence electrons. The van der Waals surface area contributed by atoms with Crippen molar-refractivity contribution in [3.63, 3.8) is 0 Å². The van der Waals surface area contributed by atoms with Crippen LogP contribution in [-0.2, 0) is 0 Å². The minimum atomic E-state index is -1.05. The third-order valence-corrected chi connectivity index (χ3v) is 3.30. The van der Waals surface area contributed by atoms with E-state index in [2.05, 4.69) is 0 Å². The summed E-state index contributed by atoms with van der Waals surface area (Å²) in [6.07, 6.45) is 0. The summed E-state index contributed by atoms with van der Waals surface area (Å²) in [6.45, 7) is 0. The minimum Gasteiger partial charge on any atom is -0.478 e. The Bertz CT molecular complexity index is 599. The zero-order valence-electron chi connectivity index (χ0n) is 9.06. The summed E-state index contributed by atoms with van der Waals surface area (Å²) in [7, 11) is 0. The van der Waals surface area contributed by atoms with Gasteiger partial charge in [0.1, 0.15) is 0 Å². The van der Waals surface area contributed by atoms with Crippen LogP contribution in [0.1, 0.15) is 10.4 Å². The zero-order valence-corrected chi connectivity index (χ0v) is 9.88. The fourth-order valence-corrected chi connectivity index (χ4v) is 2.36. The first-order valence-electron chi connectivity index (χ1n) is 5.03.